The lowest BCUT2D eigenvalue weighted by Crippen LogP contribution is -2.14. The number of halogens is 2. The first-order valence-electron chi connectivity index (χ1n) is 7.06. The largest absolute Gasteiger partial charge is 0.385 e. The molecule has 1 aromatic heterocycles. The quantitative estimate of drug-likeness (QED) is 0.758. The third-order valence-corrected chi connectivity index (χ3v) is 3.36. The van der Waals surface area contributed by atoms with Gasteiger partial charge in [-0.2, -0.15) is 0 Å². The van der Waals surface area contributed by atoms with Crippen molar-refractivity contribution in [2.24, 2.45) is 0 Å². The van der Waals surface area contributed by atoms with E-state index in [0.717, 1.165) is 13.0 Å². The third-order valence-electron chi connectivity index (χ3n) is 3.04. The molecule has 1 aromatic carbocycles. The van der Waals surface area contributed by atoms with Crippen LogP contribution < -0.4 is 10.6 Å². The highest BCUT2D eigenvalue weighted by molar-refractivity contribution is 6.34. The van der Waals surface area contributed by atoms with Gasteiger partial charge in [-0.25, -0.2) is 9.37 Å². The van der Waals surface area contributed by atoms with E-state index in [2.05, 4.69) is 15.6 Å². The lowest BCUT2D eigenvalue weighted by Gasteiger charge is -2.09. The Balaban J connectivity index is 1.96. The molecule has 0 unspecified atom stereocenters. The molecule has 7 heteroatoms. The molecular formula is C16H17ClFN3O2. The van der Waals surface area contributed by atoms with Gasteiger partial charge in [0.1, 0.15) is 11.6 Å². The van der Waals surface area contributed by atoms with Crippen LogP contribution in [0, 0.1) is 5.82 Å². The SMILES string of the molecule is COCCCNc1ccc(NC(=O)c2c(F)cccc2Cl)cn1. The number of carbonyl (C=O) groups excluding carboxylic acids is 1. The molecule has 0 radical (unpaired) electrons. The van der Waals surface area contributed by atoms with Gasteiger partial charge in [-0.05, 0) is 30.7 Å². The van der Waals surface area contributed by atoms with E-state index in [4.69, 9.17) is 16.3 Å². The number of benzene rings is 1. The van der Waals surface area contributed by atoms with Crippen molar-refractivity contribution in [3.05, 3.63) is 52.9 Å². The Morgan fingerprint density at radius 1 is 1.35 bits per heavy atom. The Morgan fingerprint density at radius 2 is 2.17 bits per heavy atom. The summed E-state index contributed by atoms with van der Waals surface area (Å²) in [4.78, 5) is 16.3. The Morgan fingerprint density at radius 3 is 2.83 bits per heavy atom. The summed E-state index contributed by atoms with van der Waals surface area (Å²) in [5, 5.41) is 5.76. The molecule has 2 rings (SSSR count). The van der Waals surface area contributed by atoms with Crippen LogP contribution in [0.25, 0.3) is 0 Å². The molecule has 2 aromatic rings. The molecule has 0 aliphatic heterocycles. The van der Waals surface area contributed by atoms with Crippen molar-refractivity contribution in [1.82, 2.24) is 4.98 Å². The number of hydrogen-bond donors (Lipinski definition) is 2. The fourth-order valence-corrected chi connectivity index (χ4v) is 2.16. The van der Waals surface area contributed by atoms with Crippen molar-refractivity contribution in [1.29, 1.82) is 0 Å². The zero-order valence-corrected chi connectivity index (χ0v) is 13.4. The third kappa shape index (κ3) is 4.91. The Hall–Kier alpha value is -2.18. The highest BCUT2D eigenvalue weighted by Gasteiger charge is 2.15. The maximum atomic E-state index is 13.7. The van der Waals surface area contributed by atoms with Gasteiger partial charge in [-0.15, -0.1) is 0 Å². The highest BCUT2D eigenvalue weighted by Crippen LogP contribution is 2.20. The predicted molar refractivity (Wildman–Crippen MR) is 88.6 cm³/mol. The molecule has 23 heavy (non-hydrogen) atoms. The van der Waals surface area contributed by atoms with Crippen molar-refractivity contribution < 1.29 is 13.9 Å². The summed E-state index contributed by atoms with van der Waals surface area (Å²) in [6.07, 6.45) is 2.35. The molecule has 2 N–H and O–H groups in total. The molecule has 0 spiro atoms. The Kier molecular flexibility index (Phi) is 6.31. The second-order valence-electron chi connectivity index (χ2n) is 4.76. The van der Waals surface area contributed by atoms with Crippen LogP contribution in [0.3, 0.4) is 0 Å². The normalized spacial score (nSPS) is 10.4. The number of carbonyl (C=O) groups is 1. The van der Waals surface area contributed by atoms with Gasteiger partial charge in [0.05, 0.1) is 22.5 Å². The summed E-state index contributed by atoms with van der Waals surface area (Å²) in [5.74, 6) is -0.599. The first-order chi connectivity index (χ1) is 11.1. The first kappa shape index (κ1) is 17.2. The highest BCUT2D eigenvalue weighted by atomic mass is 35.5. The number of pyridine rings is 1. The van der Waals surface area contributed by atoms with Crippen molar-refractivity contribution in [3.63, 3.8) is 0 Å². The van der Waals surface area contributed by atoms with E-state index in [1.807, 2.05) is 0 Å². The Labute approximate surface area is 138 Å². The number of aromatic nitrogens is 1. The Bertz CT molecular complexity index is 645. The average molecular weight is 338 g/mol. The number of anilines is 2. The van der Waals surface area contributed by atoms with Crippen molar-refractivity contribution in [2.45, 2.75) is 6.42 Å². The van der Waals surface area contributed by atoms with Gasteiger partial charge in [0.25, 0.3) is 5.91 Å². The molecule has 0 fully saturated rings. The lowest BCUT2D eigenvalue weighted by molar-refractivity contribution is 0.102. The molecule has 122 valence electrons. The molecule has 5 nitrogen and oxygen atoms in total. The summed E-state index contributed by atoms with van der Waals surface area (Å²) in [7, 11) is 1.65. The summed E-state index contributed by atoms with van der Waals surface area (Å²) in [6, 6.07) is 7.50. The fourth-order valence-electron chi connectivity index (χ4n) is 1.91. The van der Waals surface area contributed by atoms with E-state index in [1.54, 1.807) is 19.2 Å². The van der Waals surface area contributed by atoms with Crippen LogP contribution in [0.4, 0.5) is 15.9 Å². The number of nitrogens with one attached hydrogen (secondary N) is 2. The summed E-state index contributed by atoms with van der Waals surface area (Å²) in [6.45, 7) is 1.40. The van der Waals surface area contributed by atoms with Gasteiger partial charge < -0.3 is 15.4 Å². The topological polar surface area (TPSA) is 63.2 Å². The summed E-state index contributed by atoms with van der Waals surface area (Å²) >= 11 is 5.86. The maximum absolute atomic E-state index is 13.7. The van der Waals surface area contributed by atoms with E-state index in [9.17, 15) is 9.18 Å². The van der Waals surface area contributed by atoms with Crippen LogP contribution in [-0.4, -0.2) is 31.2 Å². The van der Waals surface area contributed by atoms with E-state index in [0.29, 0.717) is 18.1 Å². The minimum Gasteiger partial charge on any atom is -0.385 e. The number of amides is 1. The van der Waals surface area contributed by atoms with Gasteiger partial charge >= 0.3 is 0 Å². The molecular weight excluding hydrogens is 321 g/mol. The molecule has 0 atom stereocenters. The standard InChI is InChI=1S/C16H17ClFN3O2/c1-23-9-3-8-19-14-7-6-11(10-20-14)21-16(22)15-12(17)4-2-5-13(15)18/h2,4-7,10H,3,8-9H2,1H3,(H,19,20)(H,21,22). The zero-order chi connectivity index (χ0) is 16.7. The second-order valence-corrected chi connectivity index (χ2v) is 5.16. The summed E-state index contributed by atoms with van der Waals surface area (Å²) in [5.41, 5.74) is 0.271. The second kappa shape index (κ2) is 8.45. The van der Waals surface area contributed by atoms with Crippen LogP contribution in [-0.2, 0) is 4.74 Å². The van der Waals surface area contributed by atoms with E-state index >= 15 is 0 Å². The van der Waals surface area contributed by atoms with Gasteiger partial charge in [0.2, 0.25) is 0 Å². The minimum absolute atomic E-state index is 0.0619. The maximum Gasteiger partial charge on any atom is 0.260 e. The van der Waals surface area contributed by atoms with Crippen molar-refractivity contribution in [3.8, 4) is 0 Å². The lowest BCUT2D eigenvalue weighted by atomic mass is 10.2. The number of hydrogen-bond acceptors (Lipinski definition) is 4. The molecule has 0 saturated carbocycles. The molecule has 0 bridgehead atoms. The van der Waals surface area contributed by atoms with Crippen LogP contribution in [0.1, 0.15) is 16.8 Å². The van der Waals surface area contributed by atoms with Crippen LogP contribution in [0.15, 0.2) is 36.5 Å². The number of ether oxygens (including phenoxy) is 1. The van der Waals surface area contributed by atoms with Gasteiger partial charge in [-0.1, -0.05) is 17.7 Å². The molecule has 0 saturated heterocycles. The van der Waals surface area contributed by atoms with Crippen LogP contribution in [0.5, 0.6) is 0 Å². The molecule has 0 aliphatic rings. The number of nitrogens with zero attached hydrogens (tertiary/aromatic N) is 1. The van der Waals surface area contributed by atoms with Crippen molar-refractivity contribution in [2.75, 3.05) is 30.9 Å². The summed E-state index contributed by atoms with van der Waals surface area (Å²) < 4.78 is 18.6. The predicted octanol–water partition coefficient (Wildman–Crippen LogP) is 3.57. The van der Waals surface area contributed by atoms with Crippen LogP contribution >= 0.6 is 11.6 Å². The van der Waals surface area contributed by atoms with Gasteiger partial charge in [0, 0.05) is 20.3 Å². The van der Waals surface area contributed by atoms with E-state index in [-0.39, 0.29) is 10.6 Å². The number of methoxy groups -OCH3 is 1. The fraction of sp³-hybridized carbons (Fsp3) is 0.250. The first-order valence-corrected chi connectivity index (χ1v) is 7.44. The molecule has 0 aliphatic carbocycles. The zero-order valence-electron chi connectivity index (χ0n) is 12.6. The monoisotopic (exact) mass is 337 g/mol. The number of rotatable bonds is 7. The molecule has 1 amide bonds. The van der Waals surface area contributed by atoms with E-state index in [1.165, 1.54) is 24.4 Å². The minimum atomic E-state index is -0.667. The molecule has 1 heterocycles. The van der Waals surface area contributed by atoms with Gasteiger partial charge in [0.15, 0.2) is 0 Å². The average Bonchev–Trinajstić information content (AvgIpc) is 2.53. The van der Waals surface area contributed by atoms with E-state index < -0.39 is 11.7 Å². The smallest absolute Gasteiger partial charge is 0.260 e. The van der Waals surface area contributed by atoms with Crippen LogP contribution in [0.2, 0.25) is 5.02 Å². The van der Waals surface area contributed by atoms with Crippen molar-refractivity contribution >= 4 is 29.0 Å². The van der Waals surface area contributed by atoms with Gasteiger partial charge in [-0.3, -0.25) is 4.79 Å².